The molecule has 1 N–H and O–H groups in total. The summed E-state index contributed by atoms with van der Waals surface area (Å²) < 4.78 is 12.9. The monoisotopic (exact) mass is 302 g/mol. The summed E-state index contributed by atoms with van der Waals surface area (Å²) in [6.07, 6.45) is 1.75. The van der Waals surface area contributed by atoms with Crippen LogP contribution in [0.3, 0.4) is 0 Å². The number of nitrogens with zero attached hydrogens (tertiary/aromatic N) is 3. The number of fused-ring (bicyclic) bond motifs is 1. The van der Waals surface area contributed by atoms with Gasteiger partial charge in [0.15, 0.2) is 11.5 Å². The predicted molar refractivity (Wildman–Crippen MR) is 80.2 cm³/mol. The molecule has 7 heteroatoms. The number of hydrogen-bond acceptors (Lipinski definition) is 5. The second kappa shape index (κ2) is 6.05. The van der Waals surface area contributed by atoms with Gasteiger partial charge in [0, 0.05) is 0 Å². The van der Waals surface area contributed by atoms with Crippen LogP contribution >= 0.6 is 0 Å². The number of benzene rings is 1. The standard InChI is InChI=1S/C15H18N4O3/c1-3-21-12-6-5-10(7-13(12)22-4-2)11-8-14(20)18-15-16-9-17-19(11)15/h5-7,9,11H,3-4,8H2,1-2H3,(H,16,17,18,20). The Hall–Kier alpha value is -2.57. The van der Waals surface area contributed by atoms with Crippen LogP contribution in [0.4, 0.5) is 5.95 Å². The van der Waals surface area contributed by atoms with Crippen LogP contribution in [0.25, 0.3) is 0 Å². The summed E-state index contributed by atoms with van der Waals surface area (Å²) >= 11 is 0. The molecule has 3 rings (SSSR count). The van der Waals surface area contributed by atoms with E-state index in [1.54, 1.807) is 4.68 Å². The molecular formula is C15H18N4O3. The number of aromatic nitrogens is 3. The smallest absolute Gasteiger partial charge is 0.229 e. The van der Waals surface area contributed by atoms with Crippen molar-refractivity contribution in [3.8, 4) is 11.5 Å². The number of carbonyl (C=O) groups is 1. The highest BCUT2D eigenvalue weighted by Crippen LogP contribution is 2.35. The summed E-state index contributed by atoms with van der Waals surface area (Å²) in [6, 6.07) is 5.51. The van der Waals surface area contributed by atoms with Gasteiger partial charge in [-0.15, -0.1) is 0 Å². The SMILES string of the molecule is CCOc1ccc(C2CC(=O)Nc3ncnn32)cc1OCC. The van der Waals surface area contributed by atoms with Crippen molar-refractivity contribution >= 4 is 11.9 Å². The van der Waals surface area contributed by atoms with Gasteiger partial charge in [-0.25, -0.2) is 4.68 Å². The maximum Gasteiger partial charge on any atom is 0.229 e. The quantitative estimate of drug-likeness (QED) is 0.914. The lowest BCUT2D eigenvalue weighted by atomic mass is 10.0. The lowest BCUT2D eigenvalue weighted by Crippen LogP contribution is -2.29. The predicted octanol–water partition coefficient (Wildman–Crippen LogP) is 2.01. The number of ether oxygens (including phenoxy) is 2. The molecule has 1 atom stereocenters. The molecule has 0 aliphatic carbocycles. The molecule has 1 aliphatic rings. The maximum absolute atomic E-state index is 11.8. The Morgan fingerprint density at radius 2 is 2.05 bits per heavy atom. The summed E-state index contributed by atoms with van der Waals surface area (Å²) in [5.74, 6) is 1.77. The molecule has 1 aliphatic heterocycles. The molecule has 0 fully saturated rings. The van der Waals surface area contributed by atoms with E-state index in [0.29, 0.717) is 37.1 Å². The zero-order valence-corrected chi connectivity index (χ0v) is 12.6. The summed E-state index contributed by atoms with van der Waals surface area (Å²) in [5, 5.41) is 6.91. The lowest BCUT2D eigenvalue weighted by Gasteiger charge is -2.24. The van der Waals surface area contributed by atoms with Gasteiger partial charge in [-0.05, 0) is 31.5 Å². The van der Waals surface area contributed by atoms with Crippen molar-refractivity contribution in [2.45, 2.75) is 26.3 Å². The molecule has 22 heavy (non-hydrogen) atoms. The lowest BCUT2D eigenvalue weighted by molar-refractivity contribution is -0.117. The third kappa shape index (κ3) is 2.61. The fourth-order valence-electron chi connectivity index (χ4n) is 2.54. The summed E-state index contributed by atoms with van der Waals surface area (Å²) in [7, 11) is 0. The normalized spacial score (nSPS) is 16.8. The topological polar surface area (TPSA) is 78.3 Å². The zero-order chi connectivity index (χ0) is 15.5. The average molecular weight is 302 g/mol. The Balaban J connectivity index is 1.98. The largest absolute Gasteiger partial charge is 0.490 e. The fourth-order valence-corrected chi connectivity index (χ4v) is 2.54. The molecule has 0 saturated carbocycles. The van der Waals surface area contributed by atoms with Crippen LogP contribution in [0.5, 0.6) is 11.5 Å². The molecule has 2 heterocycles. The Bertz CT molecular complexity index is 683. The summed E-state index contributed by atoms with van der Waals surface area (Å²) in [5.41, 5.74) is 0.938. The molecule has 7 nitrogen and oxygen atoms in total. The van der Waals surface area contributed by atoms with E-state index in [-0.39, 0.29) is 11.9 Å². The van der Waals surface area contributed by atoms with Gasteiger partial charge < -0.3 is 9.47 Å². The average Bonchev–Trinajstić information content (AvgIpc) is 2.97. The highest BCUT2D eigenvalue weighted by atomic mass is 16.5. The van der Waals surface area contributed by atoms with Crippen molar-refractivity contribution in [3.63, 3.8) is 0 Å². The first-order valence-corrected chi connectivity index (χ1v) is 7.31. The van der Waals surface area contributed by atoms with E-state index in [2.05, 4.69) is 15.4 Å². The van der Waals surface area contributed by atoms with E-state index in [1.165, 1.54) is 6.33 Å². The first kappa shape index (κ1) is 14.4. The van der Waals surface area contributed by atoms with Crippen LogP contribution < -0.4 is 14.8 Å². The first-order valence-electron chi connectivity index (χ1n) is 7.31. The minimum atomic E-state index is -0.193. The zero-order valence-electron chi connectivity index (χ0n) is 12.6. The minimum Gasteiger partial charge on any atom is -0.490 e. The van der Waals surface area contributed by atoms with Crippen molar-refractivity contribution in [3.05, 3.63) is 30.1 Å². The van der Waals surface area contributed by atoms with Gasteiger partial charge in [-0.2, -0.15) is 10.1 Å². The highest BCUT2D eigenvalue weighted by molar-refractivity contribution is 5.91. The molecule has 116 valence electrons. The van der Waals surface area contributed by atoms with E-state index < -0.39 is 0 Å². The number of nitrogens with one attached hydrogen (secondary N) is 1. The van der Waals surface area contributed by atoms with E-state index in [0.717, 1.165) is 5.56 Å². The Morgan fingerprint density at radius 3 is 2.82 bits per heavy atom. The van der Waals surface area contributed by atoms with Crippen LogP contribution in [0.1, 0.15) is 31.9 Å². The third-order valence-electron chi connectivity index (χ3n) is 3.45. The molecule has 1 aromatic carbocycles. The molecule has 0 saturated heterocycles. The molecular weight excluding hydrogens is 284 g/mol. The van der Waals surface area contributed by atoms with E-state index in [4.69, 9.17) is 9.47 Å². The summed E-state index contributed by atoms with van der Waals surface area (Å²) in [6.45, 7) is 4.96. The highest BCUT2D eigenvalue weighted by Gasteiger charge is 2.28. The second-order valence-electron chi connectivity index (χ2n) is 4.87. The van der Waals surface area contributed by atoms with Crippen molar-refractivity contribution in [2.24, 2.45) is 0 Å². The van der Waals surface area contributed by atoms with Gasteiger partial charge in [0.2, 0.25) is 11.9 Å². The van der Waals surface area contributed by atoms with Crippen LogP contribution in [-0.4, -0.2) is 33.9 Å². The third-order valence-corrected chi connectivity index (χ3v) is 3.45. The molecule has 1 aromatic heterocycles. The van der Waals surface area contributed by atoms with Gasteiger partial charge in [-0.3, -0.25) is 10.1 Å². The molecule has 2 aromatic rings. The number of hydrogen-bond donors (Lipinski definition) is 1. The van der Waals surface area contributed by atoms with E-state index in [1.807, 2.05) is 32.0 Å². The van der Waals surface area contributed by atoms with Crippen molar-refractivity contribution in [1.29, 1.82) is 0 Å². The van der Waals surface area contributed by atoms with Crippen molar-refractivity contribution in [2.75, 3.05) is 18.5 Å². The number of carbonyl (C=O) groups excluding carboxylic acids is 1. The summed E-state index contributed by atoms with van der Waals surface area (Å²) in [4.78, 5) is 15.9. The van der Waals surface area contributed by atoms with Gasteiger partial charge in [0.1, 0.15) is 6.33 Å². The maximum atomic E-state index is 11.8. The van der Waals surface area contributed by atoms with Gasteiger partial charge >= 0.3 is 0 Å². The van der Waals surface area contributed by atoms with Crippen LogP contribution in [0, 0.1) is 0 Å². The molecule has 0 bridgehead atoms. The van der Waals surface area contributed by atoms with Crippen LogP contribution in [0.2, 0.25) is 0 Å². The first-order chi connectivity index (χ1) is 10.7. The fraction of sp³-hybridized carbons (Fsp3) is 0.400. The number of amides is 1. The number of rotatable bonds is 5. The Kier molecular flexibility index (Phi) is 3.95. The minimum absolute atomic E-state index is 0.0719. The Labute approximate surface area is 128 Å². The van der Waals surface area contributed by atoms with Crippen LogP contribution in [0.15, 0.2) is 24.5 Å². The molecule has 1 amide bonds. The molecule has 0 spiro atoms. The van der Waals surface area contributed by atoms with Crippen LogP contribution in [-0.2, 0) is 4.79 Å². The second-order valence-corrected chi connectivity index (χ2v) is 4.87. The number of anilines is 1. The van der Waals surface area contributed by atoms with Crippen molar-refractivity contribution in [1.82, 2.24) is 14.8 Å². The Morgan fingerprint density at radius 1 is 1.27 bits per heavy atom. The van der Waals surface area contributed by atoms with E-state index >= 15 is 0 Å². The van der Waals surface area contributed by atoms with Crippen molar-refractivity contribution < 1.29 is 14.3 Å². The molecule has 0 radical (unpaired) electrons. The van der Waals surface area contributed by atoms with E-state index in [9.17, 15) is 4.79 Å². The van der Waals surface area contributed by atoms with Gasteiger partial charge in [-0.1, -0.05) is 6.07 Å². The molecule has 1 unspecified atom stereocenters. The van der Waals surface area contributed by atoms with Gasteiger partial charge in [0.05, 0.1) is 25.7 Å². The van der Waals surface area contributed by atoms with Gasteiger partial charge in [0.25, 0.3) is 0 Å².